The second-order valence-electron chi connectivity index (χ2n) is 8.29. The van der Waals surface area contributed by atoms with Gasteiger partial charge in [0.05, 0.1) is 0 Å². The van der Waals surface area contributed by atoms with Crippen LogP contribution in [0.3, 0.4) is 0 Å². The highest BCUT2D eigenvalue weighted by Crippen LogP contribution is 2.38. The van der Waals surface area contributed by atoms with Crippen LogP contribution < -0.4 is 0 Å². The van der Waals surface area contributed by atoms with E-state index >= 15 is 0 Å². The molecule has 2 nitrogen and oxygen atoms in total. The summed E-state index contributed by atoms with van der Waals surface area (Å²) in [7, 11) is -1.54. The van der Waals surface area contributed by atoms with Crippen molar-refractivity contribution < 1.29 is 9.09 Å². The Labute approximate surface area is 121 Å². The van der Waals surface area contributed by atoms with Crippen LogP contribution in [0.1, 0.15) is 68.2 Å². The Morgan fingerprint density at radius 2 is 1.32 bits per heavy atom. The Kier molecular flexibility index (Phi) is 7.76. The third kappa shape index (κ3) is 10.5. The predicted octanol–water partition coefficient (Wildman–Crippen LogP) is 5.89. The molecule has 0 saturated carbocycles. The summed E-state index contributed by atoms with van der Waals surface area (Å²) in [5.41, 5.74) is 0.213. The summed E-state index contributed by atoms with van der Waals surface area (Å²) in [6.07, 6.45) is 2.86. The zero-order valence-electron chi connectivity index (χ0n) is 14.2. The topological polar surface area (TPSA) is 26.3 Å². The molecule has 0 amide bonds. The van der Waals surface area contributed by atoms with E-state index in [1.165, 1.54) is 0 Å². The largest absolute Gasteiger partial charge is 0.508 e. The van der Waals surface area contributed by atoms with Gasteiger partial charge in [-0.2, -0.15) is 0 Å². The second kappa shape index (κ2) is 7.74. The van der Waals surface area contributed by atoms with E-state index in [-0.39, 0.29) is 10.8 Å². The van der Waals surface area contributed by atoms with Gasteiger partial charge in [-0.15, -0.1) is 4.52 Å². The monoisotopic (exact) mass is 289 g/mol. The molecule has 0 aliphatic heterocycles. The SMILES string of the molecule is CC(C)CC(C)(C)CO[P+](=O)CC(C)(C)CC(C)C. The van der Waals surface area contributed by atoms with E-state index in [4.69, 9.17) is 4.52 Å². The fraction of sp³-hybridized carbons (Fsp3) is 1.00. The normalized spacial score (nSPS) is 14.3. The molecule has 114 valence electrons. The van der Waals surface area contributed by atoms with Crippen LogP contribution in [0.2, 0.25) is 0 Å². The molecule has 0 aromatic carbocycles. The molecule has 0 spiro atoms. The van der Waals surface area contributed by atoms with E-state index in [1.807, 2.05) is 0 Å². The Morgan fingerprint density at radius 3 is 1.74 bits per heavy atom. The summed E-state index contributed by atoms with van der Waals surface area (Å²) < 4.78 is 17.7. The van der Waals surface area contributed by atoms with Crippen molar-refractivity contribution in [3.05, 3.63) is 0 Å². The lowest BCUT2D eigenvalue weighted by atomic mass is 9.85. The van der Waals surface area contributed by atoms with Gasteiger partial charge in [-0.05, 0) is 34.7 Å². The molecule has 19 heavy (non-hydrogen) atoms. The average Bonchev–Trinajstić information content (AvgIpc) is 2.09. The van der Waals surface area contributed by atoms with Crippen molar-refractivity contribution in [3.63, 3.8) is 0 Å². The maximum absolute atomic E-state index is 12.1. The second-order valence-corrected chi connectivity index (χ2v) is 9.53. The van der Waals surface area contributed by atoms with E-state index < -0.39 is 8.03 Å². The fourth-order valence-corrected chi connectivity index (χ4v) is 4.39. The summed E-state index contributed by atoms with van der Waals surface area (Å²) in [6, 6.07) is 0. The summed E-state index contributed by atoms with van der Waals surface area (Å²) in [5, 5.41) is 0. The molecule has 0 fully saturated rings. The van der Waals surface area contributed by atoms with E-state index in [2.05, 4.69) is 55.4 Å². The van der Waals surface area contributed by atoms with Gasteiger partial charge >= 0.3 is 8.03 Å². The molecule has 0 radical (unpaired) electrons. The quantitative estimate of drug-likeness (QED) is 0.495. The predicted molar refractivity (Wildman–Crippen MR) is 84.9 cm³/mol. The van der Waals surface area contributed by atoms with Gasteiger partial charge in [0, 0.05) is 5.41 Å². The van der Waals surface area contributed by atoms with Gasteiger partial charge in [0.1, 0.15) is 6.61 Å². The lowest BCUT2D eigenvalue weighted by molar-refractivity contribution is 0.158. The minimum absolute atomic E-state index is 0.101. The van der Waals surface area contributed by atoms with Crippen LogP contribution in [0.15, 0.2) is 0 Å². The molecular formula is C16H34O2P+. The number of rotatable bonds is 9. The molecule has 0 aliphatic rings. The zero-order valence-corrected chi connectivity index (χ0v) is 15.1. The van der Waals surface area contributed by atoms with E-state index in [0.29, 0.717) is 24.6 Å². The molecule has 0 bridgehead atoms. The molecular weight excluding hydrogens is 255 g/mol. The molecule has 3 heteroatoms. The molecule has 1 atom stereocenters. The van der Waals surface area contributed by atoms with Gasteiger partial charge in [0.2, 0.25) is 0 Å². The van der Waals surface area contributed by atoms with Crippen molar-refractivity contribution in [1.29, 1.82) is 0 Å². The van der Waals surface area contributed by atoms with Crippen LogP contribution in [0, 0.1) is 22.7 Å². The molecule has 0 aromatic heterocycles. The third-order valence-corrected chi connectivity index (χ3v) is 4.61. The van der Waals surface area contributed by atoms with Crippen molar-refractivity contribution in [2.45, 2.75) is 68.2 Å². The van der Waals surface area contributed by atoms with Gasteiger partial charge in [0.15, 0.2) is 6.16 Å². The van der Waals surface area contributed by atoms with Crippen LogP contribution in [0.25, 0.3) is 0 Å². The Bertz CT molecular complexity index is 280. The summed E-state index contributed by atoms with van der Waals surface area (Å²) in [5.74, 6) is 1.28. The van der Waals surface area contributed by atoms with Crippen molar-refractivity contribution in [2.24, 2.45) is 22.7 Å². The van der Waals surface area contributed by atoms with Crippen molar-refractivity contribution in [2.75, 3.05) is 12.8 Å². The first-order valence-electron chi connectivity index (χ1n) is 7.51. The van der Waals surface area contributed by atoms with Gasteiger partial charge in [-0.1, -0.05) is 55.4 Å². The maximum Gasteiger partial charge on any atom is 0.508 e. The first-order chi connectivity index (χ1) is 8.43. The van der Waals surface area contributed by atoms with Crippen LogP contribution in [0.5, 0.6) is 0 Å². The molecule has 0 heterocycles. The molecule has 0 aliphatic carbocycles. The fourth-order valence-electron chi connectivity index (χ4n) is 2.98. The zero-order chi connectivity index (χ0) is 15.3. The molecule has 0 aromatic rings. The lowest BCUT2D eigenvalue weighted by Gasteiger charge is -2.24. The standard InChI is InChI=1S/C16H34O2P/c1-13(2)9-15(5,6)11-18-19(17)12-16(7,8)10-14(3)4/h13-14H,9-12H2,1-8H3/q+1. The average molecular weight is 289 g/mol. The number of hydrogen-bond acceptors (Lipinski definition) is 2. The smallest absolute Gasteiger partial charge is 0.146 e. The van der Waals surface area contributed by atoms with Crippen molar-refractivity contribution in [1.82, 2.24) is 0 Å². The number of hydrogen-bond donors (Lipinski definition) is 0. The van der Waals surface area contributed by atoms with Crippen LogP contribution in [-0.2, 0) is 9.09 Å². The summed E-state index contributed by atoms with van der Waals surface area (Å²) in [4.78, 5) is 0. The lowest BCUT2D eigenvalue weighted by Crippen LogP contribution is -2.22. The minimum atomic E-state index is -1.54. The van der Waals surface area contributed by atoms with Gasteiger partial charge in [0.25, 0.3) is 0 Å². The first kappa shape index (κ1) is 19.1. The molecule has 0 N–H and O–H groups in total. The Morgan fingerprint density at radius 1 is 0.895 bits per heavy atom. The van der Waals surface area contributed by atoms with E-state index in [9.17, 15) is 4.57 Å². The molecule has 1 unspecified atom stereocenters. The summed E-state index contributed by atoms with van der Waals surface area (Å²) >= 11 is 0. The third-order valence-electron chi connectivity index (χ3n) is 3.08. The highest BCUT2D eigenvalue weighted by atomic mass is 31.1. The summed E-state index contributed by atoms with van der Waals surface area (Å²) in [6.45, 7) is 18.2. The maximum atomic E-state index is 12.1. The minimum Gasteiger partial charge on any atom is -0.146 e. The van der Waals surface area contributed by atoms with Crippen molar-refractivity contribution in [3.8, 4) is 0 Å². The first-order valence-corrected chi connectivity index (χ1v) is 8.87. The highest BCUT2D eigenvalue weighted by Gasteiger charge is 2.34. The van der Waals surface area contributed by atoms with E-state index in [1.54, 1.807) is 0 Å². The Hall–Kier alpha value is 0.0600. The van der Waals surface area contributed by atoms with E-state index in [0.717, 1.165) is 12.8 Å². The van der Waals surface area contributed by atoms with Crippen LogP contribution in [-0.4, -0.2) is 12.8 Å². The van der Waals surface area contributed by atoms with Crippen LogP contribution >= 0.6 is 8.03 Å². The van der Waals surface area contributed by atoms with Gasteiger partial charge in [-0.3, -0.25) is 0 Å². The van der Waals surface area contributed by atoms with Crippen molar-refractivity contribution >= 4 is 8.03 Å². The molecule has 0 rings (SSSR count). The van der Waals surface area contributed by atoms with Crippen LogP contribution in [0.4, 0.5) is 0 Å². The van der Waals surface area contributed by atoms with Gasteiger partial charge < -0.3 is 0 Å². The Balaban J connectivity index is 4.18. The highest BCUT2D eigenvalue weighted by molar-refractivity contribution is 7.39. The van der Waals surface area contributed by atoms with Gasteiger partial charge in [-0.25, -0.2) is 0 Å². The molecule has 0 saturated heterocycles.